The van der Waals surface area contributed by atoms with Crippen LogP contribution in [0.1, 0.15) is 49.8 Å². The van der Waals surface area contributed by atoms with E-state index < -0.39 is 109 Å². The average Bonchev–Trinajstić information content (AvgIpc) is 4.03. The second-order valence-corrected chi connectivity index (χ2v) is 14.2. The third-order valence-corrected chi connectivity index (χ3v) is 9.08. The lowest BCUT2D eigenvalue weighted by Gasteiger charge is -2.27. The monoisotopic (exact) mass is 846 g/mol. The first-order valence-corrected chi connectivity index (χ1v) is 18.9. The summed E-state index contributed by atoms with van der Waals surface area (Å²) in [5, 5.41) is 35.2. The van der Waals surface area contributed by atoms with E-state index in [1.54, 1.807) is 91.0 Å². The van der Waals surface area contributed by atoms with Crippen LogP contribution in [0.25, 0.3) is 0 Å². The highest BCUT2D eigenvalue weighted by Gasteiger charge is 2.55. The Balaban J connectivity index is 1.43. The molecule has 0 bridgehead atoms. The van der Waals surface area contributed by atoms with E-state index in [4.69, 9.17) is 9.47 Å². The van der Waals surface area contributed by atoms with Crippen LogP contribution in [0.15, 0.2) is 91.0 Å². The number of carbonyl (C=O) groups excluding carboxylic acids is 6. The predicted molar refractivity (Wildman–Crippen MR) is 210 cm³/mol. The van der Waals surface area contributed by atoms with Crippen molar-refractivity contribution in [3.05, 3.63) is 108 Å². The fraction of sp³-hybridized carbons (Fsp3) is 0.341. The Morgan fingerprint density at radius 1 is 0.639 bits per heavy atom. The van der Waals surface area contributed by atoms with Crippen molar-refractivity contribution in [3.8, 4) is 0 Å². The fourth-order valence-corrected chi connectivity index (χ4v) is 5.88. The van der Waals surface area contributed by atoms with Crippen LogP contribution in [0.3, 0.4) is 0 Å². The van der Waals surface area contributed by atoms with Crippen LogP contribution < -0.4 is 21.4 Å². The zero-order valence-corrected chi connectivity index (χ0v) is 33.1. The first-order valence-electron chi connectivity index (χ1n) is 18.9. The van der Waals surface area contributed by atoms with Crippen LogP contribution in [0.4, 0.5) is 9.59 Å². The number of alkyl carbamates (subject to hydrolysis) is 1. The zero-order chi connectivity index (χ0) is 44.6. The highest BCUT2D eigenvalue weighted by atomic mass is 16.6. The standard InChI is InChI=1S/C41H46N6O14/c1-24(2)32(44-35(52)28(18-19-30(48)49)42-36(53)29(20-31(50)51)43-40(57)60-23-27-16-10-5-11-17-27)37(54)45-47(41(58)59)39(56)34-33(61-34)38(55)46(21-25-12-6-3-7-13-25)22-26-14-8-4-9-15-26/h3-17,24,28-29,32-34H,18-23H2,1-2H3,(H,42,53)(H,43,57)(H,44,52)(H,45,54)(H,48,49)(H,50,51)(H,58,59)/t28-,29-,32-,33?,34?/m0/s1. The van der Waals surface area contributed by atoms with E-state index >= 15 is 0 Å². The normalized spacial score (nSPS) is 15.5. The van der Waals surface area contributed by atoms with Gasteiger partial charge in [0.25, 0.3) is 17.7 Å². The van der Waals surface area contributed by atoms with Crippen molar-refractivity contribution in [3.63, 3.8) is 0 Å². The van der Waals surface area contributed by atoms with Crippen LogP contribution in [-0.2, 0) is 62.7 Å². The third kappa shape index (κ3) is 14.5. The molecule has 1 aliphatic rings. The predicted octanol–water partition coefficient (Wildman–Crippen LogP) is 1.78. The summed E-state index contributed by atoms with van der Waals surface area (Å²) in [7, 11) is 0. The van der Waals surface area contributed by atoms with Gasteiger partial charge in [0.2, 0.25) is 11.8 Å². The number of hydrogen-bond acceptors (Lipinski definition) is 11. The van der Waals surface area contributed by atoms with Gasteiger partial charge in [-0.25, -0.2) is 9.59 Å². The lowest BCUT2D eigenvalue weighted by molar-refractivity contribution is -0.142. The highest BCUT2D eigenvalue weighted by Crippen LogP contribution is 2.28. The molecule has 4 rings (SSSR count). The molecule has 1 saturated heterocycles. The number of epoxide rings is 1. The zero-order valence-electron chi connectivity index (χ0n) is 33.1. The Labute approximate surface area is 349 Å². The van der Waals surface area contributed by atoms with E-state index in [1.165, 1.54) is 18.7 Å². The van der Waals surface area contributed by atoms with Gasteiger partial charge in [-0.1, -0.05) is 105 Å². The van der Waals surface area contributed by atoms with Crippen molar-refractivity contribution in [2.24, 2.45) is 5.92 Å². The molecule has 0 aliphatic carbocycles. The third-order valence-electron chi connectivity index (χ3n) is 9.08. The second-order valence-electron chi connectivity index (χ2n) is 14.2. The fourth-order valence-electron chi connectivity index (χ4n) is 5.88. The van der Waals surface area contributed by atoms with E-state index in [-0.39, 0.29) is 24.7 Å². The Bertz CT molecular complexity index is 2010. The average molecular weight is 847 g/mol. The molecule has 0 radical (unpaired) electrons. The van der Waals surface area contributed by atoms with Gasteiger partial charge in [-0.2, -0.15) is 0 Å². The van der Waals surface area contributed by atoms with Gasteiger partial charge in [-0.3, -0.25) is 39.0 Å². The lowest BCUT2D eigenvalue weighted by atomic mass is 10.0. The number of hydrazine groups is 1. The van der Waals surface area contributed by atoms with Crippen LogP contribution in [0.2, 0.25) is 0 Å². The van der Waals surface area contributed by atoms with Crippen LogP contribution >= 0.6 is 0 Å². The van der Waals surface area contributed by atoms with Crippen LogP contribution in [-0.4, -0.2) is 109 Å². The summed E-state index contributed by atoms with van der Waals surface area (Å²) in [6.45, 7) is 2.94. The molecular formula is C41H46N6O14. The smallest absolute Gasteiger partial charge is 0.433 e. The van der Waals surface area contributed by atoms with Crippen LogP contribution in [0, 0.1) is 5.92 Å². The molecule has 2 unspecified atom stereocenters. The van der Waals surface area contributed by atoms with Gasteiger partial charge in [0.15, 0.2) is 12.2 Å². The number of carboxylic acid groups (broad SMARTS) is 3. The number of rotatable bonds is 20. The molecule has 1 aliphatic heterocycles. The molecule has 61 heavy (non-hydrogen) atoms. The number of benzene rings is 3. The molecule has 1 fully saturated rings. The van der Waals surface area contributed by atoms with Gasteiger partial charge in [-0.15, -0.1) is 5.01 Å². The summed E-state index contributed by atoms with van der Waals surface area (Å²) in [6.07, 6.45) is -8.34. The van der Waals surface area contributed by atoms with Gasteiger partial charge in [0.05, 0.1) is 6.42 Å². The molecule has 0 spiro atoms. The molecule has 20 heteroatoms. The summed E-state index contributed by atoms with van der Waals surface area (Å²) in [5.74, 6) is -9.23. The molecular weight excluding hydrogens is 800 g/mol. The molecule has 3 aromatic rings. The Morgan fingerprint density at radius 2 is 1.15 bits per heavy atom. The minimum atomic E-state index is -1.95. The molecule has 1 heterocycles. The van der Waals surface area contributed by atoms with Crippen LogP contribution in [0.5, 0.6) is 0 Å². The highest BCUT2D eigenvalue weighted by molar-refractivity contribution is 6.02. The summed E-state index contributed by atoms with van der Waals surface area (Å²) in [5.41, 5.74) is 4.06. The number of nitrogens with one attached hydrogen (secondary N) is 4. The van der Waals surface area contributed by atoms with Crippen molar-refractivity contribution in [2.75, 3.05) is 0 Å². The first kappa shape index (κ1) is 46.3. The molecule has 0 aromatic heterocycles. The van der Waals surface area contributed by atoms with Gasteiger partial charge >= 0.3 is 24.1 Å². The van der Waals surface area contributed by atoms with E-state index in [0.717, 1.165) is 11.1 Å². The number of aliphatic carboxylic acids is 2. The van der Waals surface area contributed by atoms with Gasteiger partial charge in [-0.05, 0) is 29.0 Å². The Kier molecular flexibility index (Phi) is 16.8. The largest absolute Gasteiger partial charge is 0.481 e. The molecule has 5 atom stereocenters. The van der Waals surface area contributed by atoms with E-state index in [2.05, 4.69) is 16.0 Å². The second kappa shape index (κ2) is 22.1. The van der Waals surface area contributed by atoms with Crippen molar-refractivity contribution >= 4 is 53.7 Å². The summed E-state index contributed by atoms with van der Waals surface area (Å²) in [6, 6.07) is 21.2. The van der Waals surface area contributed by atoms with E-state index in [1.807, 2.05) is 5.43 Å². The molecule has 3 aromatic carbocycles. The number of imide groups is 1. The number of nitrogens with zero attached hydrogens (tertiary/aromatic N) is 2. The van der Waals surface area contributed by atoms with Gasteiger partial charge < -0.3 is 45.6 Å². The SMILES string of the molecule is CC(C)[C@H](NC(=O)[C@H](CCC(=O)O)NC(=O)[C@H](CC(=O)O)NC(=O)OCc1ccccc1)C(=O)NN(C(=O)O)C(=O)C1OC1C(=O)N(Cc1ccccc1)Cc1ccccc1. The lowest BCUT2D eigenvalue weighted by Crippen LogP contribution is -2.61. The summed E-state index contributed by atoms with van der Waals surface area (Å²) < 4.78 is 10.4. The first-order chi connectivity index (χ1) is 29.0. The Morgan fingerprint density at radius 3 is 1.64 bits per heavy atom. The maximum atomic E-state index is 13.7. The Hall–Kier alpha value is -7.35. The maximum Gasteiger partial charge on any atom is 0.433 e. The van der Waals surface area contributed by atoms with Crippen molar-refractivity contribution < 1.29 is 67.9 Å². The van der Waals surface area contributed by atoms with E-state index in [9.17, 15) is 58.5 Å². The number of hydrogen-bond donors (Lipinski definition) is 7. The molecule has 0 saturated carbocycles. The van der Waals surface area contributed by atoms with Gasteiger partial charge in [0, 0.05) is 19.5 Å². The molecule has 20 nitrogen and oxygen atoms in total. The number of amides is 7. The molecule has 7 N–H and O–H groups in total. The summed E-state index contributed by atoms with van der Waals surface area (Å²) >= 11 is 0. The minimum absolute atomic E-state index is 0.0801. The number of ether oxygens (including phenoxy) is 2. The summed E-state index contributed by atoms with van der Waals surface area (Å²) in [4.78, 5) is 117. The topological polar surface area (TPSA) is 291 Å². The van der Waals surface area contributed by atoms with Gasteiger partial charge in [0.1, 0.15) is 24.7 Å². The molecule has 324 valence electrons. The maximum absolute atomic E-state index is 13.7. The quantitative estimate of drug-likeness (QED) is 0.0631. The number of carbonyl (C=O) groups is 9. The van der Waals surface area contributed by atoms with Crippen molar-refractivity contribution in [2.45, 2.75) is 83.1 Å². The van der Waals surface area contributed by atoms with Crippen molar-refractivity contribution in [1.82, 2.24) is 31.3 Å². The number of carboxylic acids is 2. The van der Waals surface area contributed by atoms with Crippen molar-refractivity contribution in [1.29, 1.82) is 0 Å². The van der Waals surface area contributed by atoms with E-state index in [0.29, 0.717) is 5.56 Å². The molecule has 7 amide bonds. The minimum Gasteiger partial charge on any atom is -0.481 e.